The van der Waals surface area contributed by atoms with Crippen LogP contribution in [-0.4, -0.2) is 48.7 Å². The molecule has 4 heteroatoms. The Labute approximate surface area is 117 Å². The second kappa shape index (κ2) is 7.85. The van der Waals surface area contributed by atoms with Crippen molar-refractivity contribution >= 4 is 5.91 Å². The lowest BCUT2D eigenvalue weighted by atomic mass is 10.2. The number of hydrogen-bond acceptors (Lipinski definition) is 3. The van der Waals surface area contributed by atoms with Gasteiger partial charge in [0.15, 0.2) is 0 Å². The molecule has 1 fully saturated rings. The third-order valence-corrected chi connectivity index (χ3v) is 3.37. The predicted octanol–water partition coefficient (Wildman–Crippen LogP) is 2.18. The summed E-state index contributed by atoms with van der Waals surface area (Å²) in [5, 5.41) is 3.46. The first-order valence-corrected chi connectivity index (χ1v) is 7.57. The third-order valence-electron chi connectivity index (χ3n) is 3.37. The summed E-state index contributed by atoms with van der Waals surface area (Å²) in [6, 6.07) is 0.468. The van der Waals surface area contributed by atoms with E-state index in [4.69, 9.17) is 4.74 Å². The lowest BCUT2D eigenvalue weighted by Crippen LogP contribution is -2.44. The molecule has 0 aromatic heterocycles. The lowest BCUT2D eigenvalue weighted by molar-refractivity contribution is -0.141. The molecule has 0 spiro atoms. The minimum atomic E-state index is -0.252. The van der Waals surface area contributed by atoms with Gasteiger partial charge in [0, 0.05) is 19.1 Å². The Bertz CT molecular complexity index is 268. The summed E-state index contributed by atoms with van der Waals surface area (Å²) in [4.78, 5) is 14.2. The minimum absolute atomic E-state index is 0.122. The Balaban J connectivity index is 2.43. The molecule has 1 atom stereocenters. The number of unbranched alkanes of at least 4 members (excludes halogenated alkanes) is 1. The summed E-state index contributed by atoms with van der Waals surface area (Å²) in [7, 11) is 0. The van der Waals surface area contributed by atoms with Gasteiger partial charge in [0.05, 0.1) is 5.60 Å². The zero-order chi connectivity index (χ0) is 14.3. The number of hydrogen-bond donors (Lipinski definition) is 1. The smallest absolute Gasteiger partial charge is 0.248 e. The summed E-state index contributed by atoms with van der Waals surface area (Å²) in [6.45, 7) is 11.0. The van der Waals surface area contributed by atoms with E-state index in [0.29, 0.717) is 6.04 Å². The highest BCUT2D eigenvalue weighted by Crippen LogP contribution is 2.10. The Kier molecular flexibility index (Phi) is 6.80. The summed E-state index contributed by atoms with van der Waals surface area (Å²) in [5.41, 5.74) is -0.252. The maximum Gasteiger partial charge on any atom is 0.248 e. The largest absolute Gasteiger partial charge is 0.366 e. The van der Waals surface area contributed by atoms with Crippen LogP contribution < -0.4 is 5.32 Å². The van der Waals surface area contributed by atoms with Gasteiger partial charge in [0.1, 0.15) is 6.61 Å². The second-order valence-electron chi connectivity index (χ2n) is 6.39. The zero-order valence-corrected chi connectivity index (χ0v) is 13.0. The van der Waals surface area contributed by atoms with Crippen molar-refractivity contribution in [3.05, 3.63) is 0 Å². The van der Waals surface area contributed by atoms with Crippen LogP contribution in [0.15, 0.2) is 0 Å². The van der Waals surface area contributed by atoms with E-state index in [1.807, 2.05) is 25.7 Å². The summed E-state index contributed by atoms with van der Waals surface area (Å²) < 4.78 is 5.60. The van der Waals surface area contributed by atoms with E-state index < -0.39 is 0 Å². The number of nitrogens with one attached hydrogen (secondary N) is 1. The summed E-state index contributed by atoms with van der Waals surface area (Å²) in [5.74, 6) is 0.122. The molecule has 0 aromatic carbocycles. The molecule has 0 aliphatic carbocycles. The molecule has 0 bridgehead atoms. The summed E-state index contributed by atoms with van der Waals surface area (Å²) >= 11 is 0. The van der Waals surface area contributed by atoms with Crippen LogP contribution in [0.25, 0.3) is 0 Å². The van der Waals surface area contributed by atoms with Gasteiger partial charge in [0.2, 0.25) is 5.91 Å². The van der Waals surface area contributed by atoms with Gasteiger partial charge in [-0.25, -0.2) is 0 Å². The molecule has 1 saturated heterocycles. The van der Waals surface area contributed by atoms with Gasteiger partial charge in [-0.2, -0.15) is 0 Å². The monoisotopic (exact) mass is 270 g/mol. The SMILES string of the molecule is CCCCN(CC1CCCN1)C(=O)COC(C)(C)C. The van der Waals surface area contributed by atoms with Crippen LogP contribution in [0.5, 0.6) is 0 Å². The van der Waals surface area contributed by atoms with Gasteiger partial charge in [-0.05, 0) is 46.6 Å². The van der Waals surface area contributed by atoms with Gasteiger partial charge in [0.25, 0.3) is 0 Å². The van der Waals surface area contributed by atoms with Crippen LogP contribution >= 0.6 is 0 Å². The molecule has 0 saturated carbocycles. The molecule has 1 aliphatic rings. The first-order chi connectivity index (χ1) is 8.92. The maximum atomic E-state index is 12.3. The molecule has 112 valence electrons. The van der Waals surface area contributed by atoms with E-state index in [9.17, 15) is 4.79 Å². The first-order valence-electron chi connectivity index (χ1n) is 7.57. The van der Waals surface area contributed by atoms with Crippen molar-refractivity contribution in [2.45, 2.75) is 65.0 Å². The van der Waals surface area contributed by atoms with Gasteiger partial charge in [-0.15, -0.1) is 0 Å². The molecular formula is C15H30N2O2. The molecule has 1 rings (SSSR count). The number of carbonyl (C=O) groups is 1. The van der Waals surface area contributed by atoms with E-state index in [0.717, 1.165) is 32.5 Å². The molecule has 1 aliphatic heterocycles. The highest BCUT2D eigenvalue weighted by molar-refractivity contribution is 5.77. The van der Waals surface area contributed by atoms with Gasteiger partial charge < -0.3 is 15.0 Å². The van der Waals surface area contributed by atoms with Crippen LogP contribution in [-0.2, 0) is 9.53 Å². The van der Waals surface area contributed by atoms with Crippen molar-refractivity contribution in [2.24, 2.45) is 0 Å². The molecule has 1 unspecified atom stereocenters. The van der Waals surface area contributed by atoms with Crippen molar-refractivity contribution in [3.63, 3.8) is 0 Å². The normalized spacial score (nSPS) is 19.7. The first kappa shape index (κ1) is 16.4. The molecule has 1 N–H and O–H groups in total. The fourth-order valence-corrected chi connectivity index (χ4v) is 2.21. The number of rotatable bonds is 7. The van der Waals surface area contributed by atoms with E-state index in [1.54, 1.807) is 0 Å². The lowest BCUT2D eigenvalue weighted by Gasteiger charge is -2.27. The standard InChI is InChI=1S/C15H30N2O2/c1-5-6-10-17(11-13-8-7-9-16-13)14(18)12-19-15(2,3)4/h13,16H,5-12H2,1-4H3. The van der Waals surface area contributed by atoms with Crippen molar-refractivity contribution in [1.82, 2.24) is 10.2 Å². The molecule has 0 radical (unpaired) electrons. The van der Waals surface area contributed by atoms with Crippen LogP contribution in [0.3, 0.4) is 0 Å². The third kappa shape index (κ3) is 6.92. The number of ether oxygens (including phenoxy) is 1. The van der Waals surface area contributed by atoms with E-state index in [-0.39, 0.29) is 18.1 Å². The molecule has 0 aromatic rings. The van der Waals surface area contributed by atoms with Crippen LogP contribution in [0.2, 0.25) is 0 Å². The van der Waals surface area contributed by atoms with Crippen LogP contribution in [0.4, 0.5) is 0 Å². The van der Waals surface area contributed by atoms with Crippen molar-refractivity contribution in [2.75, 3.05) is 26.2 Å². The molecular weight excluding hydrogens is 240 g/mol. The van der Waals surface area contributed by atoms with Crippen molar-refractivity contribution in [3.8, 4) is 0 Å². The Morgan fingerprint density at radius 2 is 2.16 bits per heavy atom. The van der Waals surface area contributed by atoms with Crippen LogP contribution in [0, 0.1) is 0 Å². The maximum absolute atomic E-state index is 12.3. The van der Waals surface area contributed by atoms with E-state index in [1.165, 1.54) is 12.8 Å². The molecule has 4 nitrogen and oxygen atoms in total. The highest BCUT2D eigenvalue weighted by Gasteiger charge is 2.22. The average molecular weight is 270 g/mol. The highest BCUT2D eigenvalue weighted by atomic mass is 16.5. The fraction of sp³-hybridized carbons (Fsp3) is 0.933. The minimum Gasteiger partial charge on any atom is -0.366 e. The Morgan fingerprint density at radius 1 is 1.42 bits per heavy atom. The zero-order valence-electron chi connectivity index (χ0n) is 13.0. The van der Waals surface area contributed by atoms with E-state index in [2.05, 4.69) is 12.2 Å². The predicted molar refractivity (Wildman–Crippen MR) is 78.2 cm³/mol. The molecule has 1 amide bonds. The number of amides is 1. The van der Waals surface area contributed by atoms with Crippen molar-refractivity contribution in [1.29, 1.82) is 0 Å². The second-order valence-corrected chi connectivity index (χ2v) is 6.39. The average Bonchev–Trinajstić information content (AvgIpc) is 2.83. The van der Waals surface area contributed by atoms with Crippen LogP contribution in [0.1, 0.15) is 53.4 Å². The molecule has 19 heavy (non-hydrogen) atoms. The topological polar surface area (TPSA) is 41.6 Å². The quantitative estimate of drug-likeness (QED) is 0.771. The van der Waals surface area contributed by atoms with Gasteiger partial charge in [-0.1, -0.05) is 13.3 Å². The van der Waals surface area contributed by atoms with Gasteiger partial charge >= 0.3 is 0 Å². The number of carbonyl (C=O) groups excluding carboxylic acids is 1. The van der Waals surface area contributed by atoms with Gasteiger partial charge in [-0.3, -0.25) is 4.79 Å². The van der Waals surface area contributed by atoms with Crippen molar-refractivity contribution < 1.29 is 9.53 Å². The van der Waals surface area contributed by atoms with E-state index >= 15 is 0 Å². The number of nitrogens with zero attached hydrogens (tertiary/aromatic N) is 1. The summed E-state index contributed by atoms with van der Waals surface area (Å²) in [6.07, 6.45) is 4.57. The Morgan fingerprint density at radius 3 is 2.68 bits per heavy atom. The Hall–Kier alpha value is -0.610. The fourth-order valence-electron chi connectivity index (χ4n) is 2.21. The molecule has 1 heterocycles.